The minimum Gasteiger partial charge on any atom is -0.356 e. The lowest BCUT2D eigenvalue weighted by Crippen LogP contribution is -2.50. The van der Waals surface area contributed by atoms with Crippen molar-refractivity contribution < 1.29 is 4.79 Å². The van der Waals surface area contributed by atoms with Gasteiger partial charge in [0.2, 0.25) is 5.91 Å². The number of guanidine groups is 1. The molecule has 1 aliphatic carbocycles. The standard InChI is InChI=1S/C19H32N4OS.HI/c1-18(2,15-9-8-12-25-15)13-21-17(20-3)22-14-19(10-6-7-11-19)16(24)23(4)5;/h8-9,12H,6-7,10-11,13-14H2,1-5H3,(H2,20,21,22);1H. The van der Waals surface area contributed by atoms with Gasteiger partial charge in [-0.05, 0) is 24.3 Å². The lowest BCUT2D eigenvalue weighted by molar-refractivity contribution is -0.138. The van der Waals surface area contributed by atoms with Gasteiger partial charge in [-0.3, -0.25) is 9.79 Å². The molecular weight excluding hydrogens is 459 g/mol. The Labute approximate surface area is 179 Å². The number of hydrogen-bond donors (Lipinski definition) is 2. The molecule has 1 saturated carbocycles. The van der Waals surface area contributed by atoms with Gasteiger partial charge in [-0.15, -0.1) is 35.3 Å². The normalized spacial score (nSPS) is 16.7. The monoisotopic (exact) mass is 492 g/mol. The fourth-order valence-electron chi connectivity index (χ4n) is 3.52. The van der Waals surface area contributed by atoms with Crippen LogP contribution in [0.1, 0.15) is 44.4 Å². The summed E-state index contributed by atoms with van der Waals surface area (Å²) >= 11 is 1.78. The third kappa shape index (κ3) is 5.58. The van der Waals surface area contributed by atoms with Gasteiger partial charge < -0.3 is 15.5 Å². The van der Waals surface area contributed by atoms with E-state index in [0.29, 0.717) is 6.54 Å². The predicted octanol–water partition coefficient (Wildman–Crippen LogP) is 3.46. The summed E-state index contributed by atoms with van der Waals surface area (Å²) in [6.45, 7) is 5.89. The van der Waals surface area contributed by atoms with E-state index in [1.807, 2.05) is 14.1 Å². The van der Waals surface area contributed by atoms with Crippen molar-refractivity contribution in [3.05, 3.63) is 22.4 Å². The van der Waals surface area contributed by atoms with Crippen LogP contribution >= 0.6 is 35.3 Å². The number of nitrogens with zero attached hydrogens (tertiary/aromatic N) is 2. The van der Waals surface area contributed by atoms with E-state index >= 15 is 0 Å². The highest BCUT2D eigenvalue weighted by Gasteiger charge is 2.42. The smallest absolute Gasteiger partial charge is 0.230 e. The van der Waals surface area contributed by atoms with Crippen LogP contribution in [-0.2, 0) is 10.2 Å². The second-order valence-corrected chi connectivity index (χ2v) is 8.78. The summed E-state index contributed by atoms with van der Waals surface area (Å²) in [5.41, 5.74) is -0.249. The molecule has 1 amide bonds. The summed E-state index contributed by atoms with van der Waals surface area (Å²) in [5.74, 6) is 0.995. The minimum atomic E-state index is -0.287. The fraction of sp³-hybridized carbons (Fsp3) is 0.684. The van der Waals surface area contributed by atoms with Crippen LogP contribution in [0.15, 0.2) is 22.5 Å². The van der Waals surface area contributed by atoms with E-state index < -0.39 is 0 Å². The topological polar surface area (TPSA) is 56.7 Å². The van der Waals surface area contributed by atoms with Crippen LogP contribution in [-0.4, -0.2) is 51.0 Å². The molecular formula is C19H33IN4OS. The molecule has 26 heavy (non-hydrogen) atoms. The molecule has 0 aromatic carbocycles. The summed E-state index contributed by atoms with van der Waals surface area (Å²) < 4.78 is 0. The van der Waals surface area contributed by atoms with Gasteiger partial charge in [0, 0.05) is 44.5 Å². The Morgan fingerprint density at radius 3 is 2.46 bits per heavy atom. The van der Waals surface area contributed by atoms with Crippen LogP contribution in [0.4, 0.5) is 0 Å². The molecule has 7 heteroatoms. The van der Waals surface area contributed by atoms with Gasteiger partial charge in [-0.1, -0.05) is 32.8 Å². The average Bonchev–Trinajstić information content (AvgIpc) is 3.27. The molecule has 1 aliphatic rings. The maximum Gasteiger partial charge on any atom is 0.230 e. The lowest BCUT2D eigenvalue weighted by Gasteiger charge is -2.32. The first-order valence-corrected chi connectivity index (χ1v) is 9.89. The Hall–Kier alpha value is -0.830. The molecule has 1 fully saturated rings. The van der Waals surface area contributed by atoms with Crippen molar-refractivity contribution >= 4 is 47.2 Å². The van der Waals surface area contributed by atoms with E-state index in [-0.39, 0.29) is 40.7 Å². The molecule has 1 heterocycles. The maximum atomic E-state index is 12.7. The molecule has 0 aliphatic heterocycles. The van der Waals surface area contributed by atoms with E-state index in [0.717, 1.165) is 38.2 Å². The summed E-state index contributed by atoms with van der Waals surface area (Å²) in [6, 6.07) is 4.26. The summed E-state index contributed by atoms with van der Waals surface area (Å²) in [5, 5.41) is 8.94. The Morgan fingerprint density at radius 2 is 1.96 bits per heavy atom. The van der Waals surface area contributed by atoms with Crippen LogP contribution in [0, 0.1) is 5.41 Å². The van der Waals surface area contributed by atoms with Crippen molar-refractivity contribution in [2.24, 2.45) is 10.4 Å². The van der Waals surface area contributed by atoms with Crippen LogP contribution in [0.5, 0.6) is 0 Å². The zero-order valence-electron chi connectivity index (χ0n) is 16.6. The van der Waals surface area contributed by atoms with E-state index in [9.17, 15) is 4.79 Å². The third-order valence-electron chi connectivity index (χ3n) is 5.12. The Kier molecular flexibility index (Phi) is 8.85. The van der Waals surface area contributed by atoms with Crippen LogP contribution in [0.3, 0.4) is 0 Å². The third-order valence-corrected chi connectivity index (χ3v) is 6.36. The fourth-order valence-corrected chi connectivity index (χ4v) is 4.37. The van der Waals surface area contributed by atoms with E-state index in [2.05, 4.69) is 47.0 Å². The number of hydrogen-bond acceptors (Lipinski definition) is 3. The zero-order valence-corrected chi connectivity index (χ0v) is 19.7. The van der Waals surface area contributed by atoms with Gasteiger partial charge in [0.1, 0.15) is 0 Å². The van der Waals surface area contributed by atoms with Gasteiger partial charge in [0.25, 0.3) is 0 Å². The first-order chi connectivity index (χ1) is 11.8. The predicted molar refractivity (Wildman–Crippen MR) is 122 cm³/mol. The molecule has 5 nitrogen and oxygen atoms in total. The van der Waals surface area contributed by atoms with Crippen LogP contribution < -0.4 is 10.6 Å². The molecule has 0 unspecified atom stereocenters. The number of carbonyl (C=O) groups excluding carboxylic acids is 1. The largest absolute Gasteiger partial charge is 0.356 e. The second kappa shape index (κ2) is 9.92. The second-order valence-electron chi connectivity index (χ2n) is 7.83. The van der Waals surface area contributed by atoms with E-state index in [1.54, 1.807) is 23.3 Å². The Balaban J connectivity index is 0.00000338. The van der Waals surface area contributed by atoms with Crippen LogP contribution in [0.2, 0.25) is 0 Å². The first kappa shape index (κ1) is 23.2. The Morgan fingerprint density at radius 1 is 1.31 bits per heavy atom. The zero-order chi connectivity index (χ0) is 18.5. The van der Waals surface area contributed by atoms with E-state index in [4.69, 9.17) is 0 Å². The van der Waals surface area contributed by atoms with E-state index in [1.165, 1.54) is 4.88 Å². The van der Waals surface area contributed by atoms with Gasteiger partial charge in [-0.25, -0.2) is 0 Å². The number of halogens is 1. The molecule has 1 aromatic heterocycles. The first-order valence-electron chi connectivity index (χ1n) is 9.01. The molecule has 2 rings (SSSR count). The number of aliphatic imine (C=N–C) groups is 1. The number of amides is 1. The summed E-state index contributed by atoms with van der Waals surface area (Å²) in [7, 11) is 5.47. The number of nitrogens with one attached hydrogen (secondary N) is 2. The molecule has 1 aromatic rings. The number of rotatable bonds is 6. The Bertz CT molecular complexity index is 593. The highest BCUT2D eigenvalue weighted by molar-refractivity contribution is 14.0. The van der Waals surface area contributed by atoms with Crippen LogP contribution in [0.25, 0.3) is 0 Å². The highest BCUT2D eigenvalue weighted by Crippen LogP contribution is 2.38. The SMILES string of the molecule is CN=C(NCC1(C(=O)N(C)C)CCCC1)NCC(C)(C)c1cccs1.I. The summed E-state index contributed by atoms with van der Waals surface area (Å²) in [6.07, 6.45) is 4.15. The molecule has 148 valence electrons. The average molecular weight is 492 g/mol. The molecule has 0 bridgehead atoms. The van der Waals surface area contributed by atoms with Gasteiger partial charge >= 0.3 is 0 Å². The van der Waals surface area contributed by atoms with Crippen molar-refractivity contribution in [2.45, 2.75) is 44.9 Å². The van der Waals surface area contributed by atoms with Crippen molar-refractivity contribution in [2.75, 3.05) is 34.2 Å². The number of thiophene rings is 1. The van der Waals surface area contributed by atoms with Crippen molar-refractivity contribution in [3.8, 4) is 0 Å². The molecule has 0 atom stereocenters. The molecule has 2 N–H and O–H groups in total. The lowest BCUT2D eigenvalue weighted by atomic mass is 9.84. The van der Waals surface area contributed by atoms with Crippen molar-refractivity contribution in [1.82, 2.24) is 15.5 Å². The highest BCUT2D eigenvalue weighted by atomic mass is 127. The molecule has 0 radical (unpaired) electrons. The van der Waals surface area contributed by atoms with Gasteiger partial charge in [-0.2, -0.15) is 0 Å². The van der Waals surface area contributed by atoms with Gasteiger partial charge in [0.05, 0.1) is 5.41 Å². The van der Waals surface area contributed by atoms with Crippen molar-refractivity contribution in [1.29, 1.82) is 0 Å². The maximum absolute atomic E-state index is 12.7. The van der Waals surface area contributed by atoms with Gasteiger partial charge in [0.15, 0.2) is 5.96 Å². The minimum absolute atomic E-state index is 0. The molecule has 0 spiro atoms. The molecule has 0 saturated heterocycles. The quantitative estimate of drug-likeness (QED) is 0.364. The summed E-state index contributed by atoms with van der Waals surface area (Å²) in [4.78, 5) is 20.1. The number of carbonyl (C=O) groups is 1. The van der Waals surface area contributed by atoms with Crippen molar-refractivity contribution in [3.63, 3.8) is 0 Å².